The highest BCUT2D eigenvalue weighted by Crippen LogP contribution is 2.56. The topological polar surface area (TPSA) is 92.3 Å². The molecule has 414 valence electrons. The van der Waals surface area contributed by atoms with Crippen LogP contribution in [0, 0.1) is 69.2 Å². The van der Waals surface area contributed by atoms with Crippen LogP contribution in [0.1, 0.15) is 179 Å². The number of rotatable bonds is 17. The highest BCUT2D eigenvalue weighted by atomic mass is 31.2. The van der Waals surface area contributed by atoms with E-state index in [9.17, 15) is 0 Å². The summed E-state index contributed by atoms with van der Waals surface area (Å²) in [6.07, 6.45) is 11.7. The third-order valence-corrected chi connectivity index (χ3v) is 18.1. The van der Waals surface area contributed by atoms with Gasteiger partial charge in [-0.05, 0) is 228 Å². The quantitative estimate of drug-likeness (QED) is 0.0822. The van der Waals surface area contributed by atoms with Crippen molar-refractivity contribution in [3.63, 3.8) is 0 Å². The van der Waals surface area contributed by atoms with E-state index in [0.29, 0.717) is 60.9 Å². The van der Waals surface area contributed by atoms with Crippen LogP contribution in [0.3, 0.4) is 0 Å². The molecular formula is C66H80O10P2. The highest BCUT2D eigenvalue weighted by molar-refractivity contribution is 7.43. The van der Waals surface area contributed by atoms with E-state index >= 15 is 0 Å². The van der Waals surface area contributed by atoms with Gasteiger partial charge in [-0.15, -0.1) is 0 Å². The van der Waals surface area contributed by atoms with E-state index in [4.69, 9.17) is 46.1 Å². The summed E-state index contributed by atoms with van der Waals surface area (Å²) in [6.45, 7) is 24.1. The smallest absolute Gasteiger partial charge is 0.408 e. The summed E-state index contributed by atoms with van der Waals surface area (Å²) in [7, 11) is -4.39. The minimum atomic E-state index is -2.19. The van der Waals surface area contributed by atoms with Crippen molar-refractivity contribution in [2.24, 2.45) is 0 Å². The fourth-order valence-corrected chi connectivity index (χ4v) is 13.8. The summed E-state index contributed by atoms with van der Waals surface area (Å²) in [5, 5.41) is 0. The normalized spacial score (nSPS) is 20.6. The molecule has 0 N–H and O–H groups in total. The Morgan fingerprint density at radius 2 is 0.590 bits per heavy atom. The maximum absolute atomic E-state index is 7.51. The predicted octanol–water partition coefficient (Wildman–Crippen LogP) is 18.9. The van der Waals surface area contributed by atoms with Gasteiger partial charge in [-0.25, -0.2) is 0 Å². The Morgan fingerprint density at radius 1 is 0.321 bits per heavy atom. The van der Waals surface area contributed by atoms with Crippen LogP contribution >= 0.6 is 17.2 Å². The molecule has 4 unspecified atom stereocenters. The molecule has 0 spiro atoms. The van der Waals surface area contributed by atoms with Crippen molar-refractivity contribution in [2.75, 3.05) is 26.4 Å². The van der Waals surface area contributed by atoms with Gasteiger partial charge in [-0.1, -0.05) is 58.7 Å². The van der Waals surface area contributed by atoms with Crippen molar-refractivity contribution in [3.05, 3.63) is 163 Å². The Morgan fingerprint density at radius 3 is 0.833 bits per heavy atom. The largest absolute Gasteiger partial charge is 0.530 e. The monoisotopic (exact) mass is 1090 g/mol. The van der Waals surface area contributed by atoms with Crippen molar-refractivity contribution in [1.82, 2.24) is 0 Å². The molecule has 6 aromatic rings. The second kappa shape index (κ2) is 25.5. The lowest BCUT2D eigenvalue weighted by atomic mass is 9.88. The third kappa shape index (κ3) is 13.0. The van der Waals surface area contributed by atoms with Gasteiger partial charge < -0.3 is 46.1 Å². The molecule has 0 aliphatic carbocycles. The first-order chi connectivity index (χ1) is 37.8. The second-order valence-corrected chi connectivity index (χ2v) is 24.2. The van der Waals surface area contributed by atoms with Gasteiger partial charge in [0, 0.05) is 59.8 Å². The first kappa shape index (κ1) is 56.1. The van der Waals surface area contributed by atoms with Crippen LogP contribution in [0.25, 0.3) is 11.1 Å². The van der Waals surface area contributed by atoms with Gasteiger partial charge in [-0.2, -0.15) is 0 Å². The van der Waals surface area contributed by atoms with Crippen molar-refractivity contribution in [3.8, 4) is 45.6 Å². The zero-order valence-corrected chi connectivity index (χ0v) is 49.5. The van der Waals surface area contributed by atoms with E-state index < -0.39 is 17.2 Å². The Labute approximate surface area is 466 Å². The molecule has 0 bridgehead atoms. The SMILES string of the molecule is Cc1ccc(OP(Oc2ccc(C)cc2C2CCCCO2)Oc2c(C)c(C)cc(C)c2-c2c(C)cc(C)c(C)c2OP(Oc2ccc(C)cc2C2CCCCO2)Oc2ccc(C)cc2C2CCCCO2)c(C2CCCCO2)c1. The predicted molar refractivity (Wildman–Crippen MR) is 313 cm³/mol. The zero-order valence-electron chi connectivity index (χ0n) is 47.7. The number of hydrogen-bond donors (Lipinski definition) is 0. The molecule has 4 atom stereocenters. The van der Waals surface area contributed by atoms with Crippen LogP contribution in [-0.4, -0.2) is 26.4 Å². The Hall–Kier alpha value is -5.18. The van der Waals surface area contributed by atoms with E-state index in [2.05, 4.69) is 130 Å². The molecule has 10 nitrogen and oxygen atoms in total. The zero-order chi connectivity index (χ0) is 54.5. The maximum Gasteiger partial charge on any atom is 0.530 e. The lowest BCUT2D eigenvalue weighted by molar-refractivity contribution is 0.0135. The average Bonchev–Trinajstić information content (AvgIpc) is 3.50. The second-order valence-electron chi connectivity index (χ2n) is 22.3. The molecule has 6 aromatic carbocycles. The minimum Gasteiger partial charge on any atom is -0.408 e. The van der Waals surface area contributed by atoms with E-state index in [-0.39, 0.29) is 24.4 Å². The van der Waals surface area contributed by atoms with Gasteiger partial charge >= 0.3 is 17.2 Å². The van der Waals surface area contributed by atoms with Crippen molar-refractivity contribution >= 4 is 17.2 Å². The number of aryl methyl sites for hydroxylation is 8. The van der Waals surface area contributed by atoms with Gasteiger partial charge in [0.1, 0.15) is 34.5 Å². The van der Waals surface area contributed by atoms with Gasteiger partial charge in [0.05, 0.1) is 24.4 Å². The molecule has 0 amide bonds. The molecule has 0 radical (unpaired) electrons. The first-order valence-corrected chi connectivity index (χ1v) is 30.8. The highest BCUT2D eigenvalue weighted by Gasteiger charge is 2.35. The van der Waals surface area contributed by atoms with E-state index in [1.54, 1.807) is 0 Å². The van der Waals surface area contributed by atoms with E-state index in [0.717, 1.165) is 166 Å². The van der Waals surface area contributed by atoms with Crippen LogP contribution in [0.4, 0.5) is 0 Å². The van der Waals surface area contributed by atoms with Gasteiger partial charge in [0.2, 0.25) is 0 Å². The molecule has 12 heteroatoms. The Balaban J connectivity index is 1.11. The van der Waals surface area contributed by atoms with Gasteiger partial charge in [-0.3, -0.25) is 0 Å². The number of hydrogen-bond acceptors (Lipinski definition) is 10. The summed E-state index contributed by atoms with van der Waals surface area (Å²) >= 11 is 0. The van der Waals surface area contributed by atoms with Gasteiger partial charge in [0.25, 0.3) is 0 Å². The lowest BCUT2D eigenvalue weighted by Gasteiger charge is -2.30. The van der Waals surface area contributed by atoms with Crippen molar-refractivity contribution in [2.45, 2.75) is 171 Å². The molecule has 4 aliphatic rings. The molecule has 0 aromatic heterocycles. The fourth-order valence-electron chi connectivity index (χ4n) is 11.5. The molecule has 4 saturated heterocycles. The molecule has 10 rings (SSSR count). The maximum atomic E-state index is 7.51. The standard InChI is InChI=1S/C66H80O10P2/c1-41-23-27-59(51(35-41)55-19-11-15-31-67-55)71-77(72-60-28-24-42(2)36-52(60)56-20-12-16-32-68-56)75-65-49(9)45(5)39-47(7)63(65)64-48(8)40-46(6)50(10)66(64)76-78(73-61-29-25-43(3)37-53(61)57-21-13-17-33-69-57)74-62-30-26-44(4)38-54(62)58-22-14-18-34-70-58/h23-30,35-40,55-58H,11-22,31-34H2,1-10H3. The van der Waals surface area contributed by atoms with Crippen LogP contribution in [0.15, 0.2) is 84.9 Å². The Kier molecular flexibility index (Phi) is 18.4. The summed E-state index contributed by atoms with van der Waals surface area (Å²) < 4.78 is 69.6. The minimum absolute atomic E-state index is 0.107. The van der Waals surface area contributed by atoms with Gasteiger partial charge in [0.15, 0.2) is 0 Å². The molecule has 0 saturated carbocycles. The number of ether oxygens (including phenoxy) is 4. The summed E-state index contributed by atoms with van der Waals surface area (Å²) in [5.74, 6) is 4.02. The lowest BCUT2D eigenvalue weighted by Crippen LogP contribution is -2.15. The van der Waals surface area contributed by atoms with E-state index in [1.807, 2.05) is 24.3 Å². The molecule has 4 aliphatic heterocycles. The molecule has 78 heavy (non-hydrogen) atoms. The van der Waals surface area contributed by atoms with E-state index in [1.165, 1.54) is 0 Å². The summed E-state index contributed by atoms with van der Waals surface area (Å²) in [4.78, 5) is 0. The summed E-state index contributed by atoms with van der Waals surface area (Å²) in [5.41, 5.74) is 16.4. The Bertz CT molecular complexity index is 2710. The molecular weight excluding hydrogens is 1010 g/mol. The fraction of sp³-hybridized carbons (Fsp3) is 0.455. The number of benzene rings is 6. The average molecular weight is 1100 g/mol. The summed E-state index contributed by atoms with van der Waals surface area (Å²) in [6, 6.07) is 29.7. The molecule has 4 fully saturated rings. The first-order valence-electron chi connectivity index (χ1n) is 28.6. The van der Waals surface area contributed by atoms with Crippen LogP contribution < -0.4 is 27.1 Å². The third-order valence-electron chi connectivity index (χ3n) is 16.0. The molecule has 4 heterocycles. The van der Waals surface area contributed by atoms with Crippen LogP contribution in [0.2, 0.25) is 0 Å². The van der Waals surface area contributed by atoms with Crippen LogP contribution in [-0.2, 0) is 18.9 Å². The van der Waals surface area contributed by atoms with Crippen LogP contribution in [0.5, 0.6) is 34.5 Å². The van der Waals surface area contributed by atoms with Crippen molar-refractivity contribution < 1.29 is 46.1 Å². The van der Waals surface area contributed by atoms with Crippen molar-refractivity contribution in [1.29, 1.82) is 0 Å².